The fourth-order valence-corrected chi connectivity index (χ4v) is 1.38. The Bertz CT molecular complexity index is 415. The normalized spacial score (nSPS) is 10.0. The van der Waals surface area contributed by atoms with Crippen LogP contribution in [0.3, 0.4) is 0 Å². The van der Waals surface area contributed by atoms with Crippen molar-refractivity contribution < 1.29 is 9.53 Å². The summed E-state index contributed by atoms with van der Waals surface area (Å²) in [6.45, 7) is 4.86. The van der Waals surface area contributed by atoms with Crippen molar-refractivity contribution in [1.29, 1.82) is 0 Å². The molecule has 1 heterocycles. The zero-order valence-corrected chi connectivity index (χ0v) is 11.4. The molecule has 0 fully saturated rings. The molecule has 1 aromatic rings. The largest absolute Gasteiger partial charge is 0.464 e. The number of hydrogen-bond acceptors (Lipinski definition) is 6. The van der Waals surface area contributed by atoms with Crippen molar-refractivity contribution in [3.8, 4) is 6.01 Å². The highest BCUT2D eigenvalue weighted by molar-refractivity contribution is 6.28. The van der Waals surface area contributed by atoms with Crippen LogP contribution in [-0.4, -0.2) is 47.6 Å². The molecule has 8 heteroatoms. The monoisotopic (exact) mass is 273 g/mol. The third-order valence-electron chi connectivity index (χ3n) is 2.13. The number of carbonyl (C=O) groups excluding carboxylic acids is 1. The van der Waals surface area contributed by atoms with Crippen LogP contribution in [-0.2, 0) is 4.79 Å². The van der Waals surface area contributed by atoms with Gasteiger partial charge in [0, 0.05) is 13.6 Å². The molecule has 1 N–H and O–H groups in total. The molecule has 100 valence electrons. The van der Waals surface area contributed by atoms with Crippen LogP contribution in [0.25, 0.3) is 0 Å². The molecular weight excluding hydrogens is 258 g/mol. The number of hydrogen-bond donors (Lipinski definition) is 1. The third kappa shape index (κ3) is 3.99. The number of aromatic nitrogens is 3. The zero-order valence-electron chi connectivity index (χ0n) is 10.6. The molecule has 0 aromatic carbocycles. The molecule has 0 atom stereocenters. The van der Waals surface area contributed by atoms with Gasteiger partial charge in [-0.05, 0) is 25.4 Å². The number of rotatable bonds is 6. The lowest BCUT2D eigenvalue weighted by Crippen LogP contribution is -2.36. The minimum atomic E-state index is -0.133. The molecular formula is C10H16ClN5O2. The highest BCUT2D eigenvalue weighted by Gasteiger charge is 2.14. The van der Waals surface area contributed by atoms with Gasteiger partial charge in [-0.3, -0.25) is 4.79 Å². The minimum Gasteiger partial charge on any atom is -0.464 e. The van der Waals surface area contributed by atoms with Crippen LogP contribution in [0.1, 0.15) is 13.8 Å². The smallest absolute Gasteiger partial charge is 0.322 e. The van der Waals surface area contributed by atoms with E-state index in [1.54, 1.807) is 11.9 Å². The number of amides is 1. The van der Waals surface area contributed by atoms with E-state index in [0.717, 1.165) is 0 Å². The standard InChI is InChI=1S/C10H16ClN5O2/c1-4-16(6-7(17)12-3)9-13-8(11)14-10(15-9)18-5-2/h4-6H2,1-3H3,(H,12,17). The van der Waals surface area contributed by atoms with Crippen LogP contribution in [0.15, 0.2) is 0 Å². The van der Waals surface area contributed by atoms with Gasteiger partial charge in [-0.15, -0.1) is 0 Å². The number of halogens is 1. The van der Waals surface area contributed by atoms with E-state index in [-0.39, 0.29) is 23.7 Å². The predicted molar refractivity (Wildman–Crippen MR) is 68.0 cm³/mol. The molecule has 0 saturated carbocycles. The minimum absolute atomic E-state index is 0.0406. The van der Waals surface area contributed by atoms with E-state index in [4.69, 9.17) is 16.3 Å². The maximum atomic E-state index is 11.4. The van der Waals surface area contributed by atoms with E-state index < -0.39 is 0 Å². The maximum Gasteiger partial charge on any atom is 0.322 e. The second kappa shape index (κ2) is 6.95. The molecule has 1 aromatic heterocycles. The first-order chi connectivity index (χ1) is 8.60. The van der Waals surface area contributed by atoms with Crippen molar-refractivity contribution in [3.63, 3.8) is 0 Å². The van der Waals surface area contributed by atoms with E-state index in [2.05, 4.69) is 20.3 Å². The average molecular weight is 274 g/mol. The van der Waals surface area contributed by atoms with Gasteiger partial charge in [-0.25, -0.2) is 0 Å². The number of nitrogens with zero attached hydrogens (tertiary/aromatic N) is 4. The van der Waals surface area contributed by atoms with Crippen molar-refractivity contribution in [2.45, 2.75) is 13.8 Å². The molecule has 0 aliphatic heterocycles. The van der Waals surface area contributed by atoms with Crippen LogP contribution in [0.4, 0.5) is 5.95 Å². The predicted octanol–water partition coefficient (Wildman–Crippen LogP) is 0.496. The van der Waals surface area contributed by atoms with E-state index in [0.29, 0.717) is 19.1 Å². The molecule has 0 spiro atoms. The number of carbonyl (C=O) groups is 1. The second-order valence-electron chi connectivity index (χ2n) is 3.31. The quantitative estimate of drug-likeness (QED) is 0.813. The molecule has 7 nitrogen and oxygen atoms in total. The lowest BCUT2D eigenvalue weighted by atomic mass is 10.5. The summed E-state index contributed by atoms with van der Waals surface area (Å²) in [6.07, 6.45) is 0. The van der Waals surface area contributed by atoms with Crippen molar-refractivity contribution in [1.82, 2.24) is 20.3 Å². The zero-order chi connectivity index (χ0) is 13.5. The fraction of sp³-hybridized carbons (Fsp3) is 0.600. The number of likely N-dealkylation sites (N-methyl/N-ethyl adjacent to an activating group) is 2. The molecule has 0 radical (unpaired) electrons. The summed E-state index contributed by atoms with van der Waals surface area (Å²) in [4.78, 5) is 25.0. The van der Waals surface area contributed by atoms with Crippen molar-refractivity contribution in [2.75, 3.05) is 31.6 Å². The highest BCUT2D eigenvalue weighted by atomic mass is 35.5. The summed E-state index contributed by atoms with van der Waals surface area (Å²) in [5.41, 5.74) is 0. The number of nitrogens with one attached hydrogen (secondary N) is 1. The summed E-state index contributed by atoms with van der Waals surface area (Å²) < 4.78 is 5.18. The first-order valence-corrected chi connectivity index (χ1v) is 5.98. The van der Waals surface area contributed by atoms with Crippen LogP contribution in [0.2, 0.25) is 5.28 Å². The topological polar surface area (TPSA) is 80.2 Å². The molecule has 18 heavy (non-hydrogen) atoms. The van der Waals surface area contributed by atoms with Gasteiger partial charge in [-0.2, -0.15) is 15.0 Å². The van der Waals surface area contributed by atoms with Gasteiger partial charge in [0.05, 0.1) is 13.2 Å². The van der Waals surface area contributed by atoms with E-state index in [1.165, 1.54) is 0 Å². The van der Waals surface area contributed by atoms with Gasteiger partial charge in [0.25, 0.3) is 0 Å². The molecule has 0 aliphatic rings. The van der Waals surface area contributed by atoms with E-state index in [9.17, 15) is 4.79 Å². The van der Waals surface area contributed by atoms with Gasteiger partial charge in [0.15, 0.2) is 0 Å². The van der Waals surface area contributed by atoms with Gasteiger partial charge in [-0.1, -0.05) is 0 Å². The van der Waals surface area contributed by atoms with Crippen LogP contribution in [0, 0.1) is 0 Å². The van der Waals surface area contributed by atoms with E-state index >= 15 is 0 Å². The maximum absolute atomic E-state index is 11.4. The Morgan fingerprint density at radius 2 is 2.11 bits per heavy atom. The molecule has 0 bridgehead atoms. The molecule has 1 rings (SSSR count). The Morgan fingerprint density at radius 3 is 2.67 bits per heavy atom. The second-order valence-corrected chi connectivity index (χ2v) is 3.65. The van der Waals surface area contributed by atoms with Crippen LogP contribution < -0.4 is 15.0 Å². The summed E-state index contributed by atoms with van der Waals surface area (Å²) >= 11 is 5.79. The van der Waals surface area contributed by atoms with Crippen molar-refractivity contribution in [3.05, 3.63) is 5.28 Å². The summed E-state index contributed by atoms with van der Waals surface area (Å²) in [6, 6.07) is 0.155. The molecule has 0 unspecified atom stereocenters. The van der Waals surface area contributed by atoms with Gasteiger partial charge < -0.3 is 15.0 Å². The average Bonchev–Trinajstić information content (AvgIpc) is 2.35. The molecule has 0 saturated heterocycles. The lowest BCUT2D eigenvalue weighted by Gasteiger charge is -2.19. The van der Waals surface area contributed by atoms with E-state index in [1.807, 2.05) is 13.8 Å². The molecule has 1 amide bonds. The first kappa shape index (κ1) is 14.4. The first-order valence-electron chi connectivity index (χ1n) is 5.60. The Kier molecular flexibility index (Phi) is 5.57. The summed E-state index contributed by atoms with van der Waals surface area (Å²) in [7, 11) is 1.57. The fourth-order valence-electron chi connectivity index (χ4n) is 1.23. The third-order valence-corrected chi connectivity index (χ3v) is 2.30. The van der Waals surface area contributed by atoms with Gasteiger partial charge in [0.2, 0.25) is 17.1 Å². The highest BCUT2D eigenvalue weighted by Crippen LogP contribution is 2.14. The Balaban J connectivity index is 2.93. The summed E-state index contributed by atoms with van der Waals surface area (Å²) in [5, 5.41) is 2.58. The number of ether oxygens (including phenoxy) is 1. The SMILES string of the molecule is CCOc1nc(Cl)nc(N(CC)CC(=O)NC)n1. The van der Waals surface area contributed by atoms with Crippen LogP contribution in [0.5, 0.6) is 6.01 Å². The van der Waals surface area contributed by atoms with Crippen molar-refractivity contribution >= 4 is 23.5 Å². The summed E-state index contributed by atoms with van der Waals surface area (Å²) in [5.74, 6) is 0.191. The molecule has 0 aliphatic carbocycles. The number of anilines is 1. The lowest BCUT2D eigenvalue weighted by molar-refractivity contribution is -0.119. The Hall–Kier alpha value is -1.63. The Labute approximate surface area is 111 Å². The van der Waals surface area contributed by atoms with Crippen molar-refractivity contribution in [2.24, 2.45) is 0 Å². The van der Waals surface area contributed by atoms with Crippen LogP contribution >= 0.6 is 11.6 Å². The Morgan fingerprint density at radius 1 is 1.39 bits per heavy atom. The van der Waals surface area contributed by atoms with Gasteiger partial charge in [0.1, 0.15) is 0 Å². The van der Waals surface area contributed by atoms with Gasteiger partial charge >= 0.3 is 6.01 Å².